The van der Waals surface area contributed by atoms with Gasteiger partial charge in [-0.25, -0.2) is 4.79 Å². The van der Waals surface area contributed by atoms with Crippen LogP contribution in [0.5, 0.6) is 0 Å². The molecule has 104 valence electrons. The first-order valence-corrected chi connectivity index (χ1v) is 6.54. The Hall–Kier alpha value is -2.93. The SMILES string of the molecule is CCOC(=O)c1ccc(N=Cc2ccc(C#N)cc2)cc1. The molecule has 0 saturated heterocycles. The first kappa shape index (κ1) is 14.5. The molecule has 0 spiro atoms. The first-order valence-electron chi connectivity index (χ1n) is 6.54. The maximum absolute atomic E-state index is 11.5. The molecular formula is C17H14N2O2. The van der Waals surface area contributed by atoms with Crippen molar-refractivity contribution in [3.8, 4) is 6.07 Å². The molecule has 0 fully saturated rings. The fraction of sp³-hybridized carbons (Fsp3) is 0.118. The summed E-state index contributed by atoms with van der Waals surface area (Å²) in [7, 11) is 0. The van der Waals surface area contributed by atoms with Gasteiger partial charge in [-0.3, -0.25) is 4.99 Å². The molecule has 0 unspecified atom stereocenters. The van der Waals surface area contributed by atoms with Gasteiger partial charge in [0.1, 0.15) is 0 Å². The van der Waals surface area contributed by atoms with Gasteiger partial charge in [0.15, 0.2) is 0 Å². The van der Waals surface area contributed by atoms with Crippen LogP contribution in [0.15, 0.2) is 53.5 Å². The highest BCUT2D eigenvalue weighted by Crippen LogP contribution is 2.14. The van der Waals surface area contributed by atoms with E-state index in [0.717, 1.165) is 11.3 Å². The van der Waals surface area contributed by atoms with Gasteiger partial charge in [-0.2, -0.15) is 5.26 Å². The average molecular weight is 278 g/mol. The predicted molar refractivity (Wildman–Crippen MR) is 80.8 cm³/mol. The summed E-state index contributed by atoms with van der Waals surface area (Å²) in [5.74, 6) is -0.333. The van der Waals surface area contributed by atoms with Crippen molar-refractivity contribution >= 4 is 17.9 Å². The molecule has 0 heterocycles. The van der Waals surface area contributed by atoms with Crippen molar-refractivity contribution in [1.29, 1.82) is 5.26 Å². The van der Waals surface area contributed by atoms with Gasteiger partial charge < -0.3 is 4.74 Å². The summed E-state index contributed by atoms with van der Waals surface area (Å²) in [6.07, 6.45) is 1.71. The fourth-order valence-corrected chi connectivity index (χ4v) is 1.69. The van der Waals surface area contributed by atoms with E-state index in [-0.39, 0.29) is 5.97 Å². The van der Waals surface area contributed by atoms with Crippen molar-refractivity contribution in [3.05, 3.63) is 65.2 Å². The Morgan fingerprint density at radius 3 is 2.43 bits per heavy atom. The second-order valence-electron chi connectivity index (χ2n) is 4.26. The third-order valence-corrected chi connectivity index (χ3v) is 2.78. The van der Waals surface area contributed by atoms with E-state index in [1.54, 1.807) is 49.5 Å². The Balaban J connectivity index is 2.07. The molecule has 4 heteroatoms. The zero-order valence-electron chi connectivity index (χ0n) is 11.6. The summed E-state index contributed by atoms with van der Waals surface area (Å²) in [5, 5.41) is 8.72. The van der Waals surface area contributed by atoms with Crippen LogP contribution in [0.3, 0.4) is 0 Å². The summed E-state index contributed by atoms with van der Waals surface area (Å²) < 4.78 is 4.92. The number of rotatable bonds is 4. The molecular weight excluding hydrogens is 264 g/mol. The van der Waals surface area contributed by atoms with Crippen molar-refractivity contribution in [2.75, 3.05) is 6.61 Å². The lowest BCUT2D eigenvalue weighted by Crippen LogP contribution is -2.03. The van der Waals surface area contributed by atoms with Crippen LogP contribution in [0.4, 0.5) is 5.69 Å². The molecule has 0 radical (unpaired) electrons. The van der Waals surface area contributed by atoms with Gasteiger partial charge in [0.25, 0.3) is 0 Å². The van der Waals surface area contributed by atoms with Crippen molar-refractivity contribution in [1.82, 2.24) is 0 Å². The molecule has 4 nitrogen and oxygen atoms in total. The molecule has 0 amide bonds. The van der Waals surface area contributed by atoms with E-state index in [2.05, 4.69) is 11.1 Å². The van der Waals surface area contributed by atoms with Crippen LogP contribution in [0.25, 0.3) is 0 Å². The Kier molecular flexibility index (Phi) is 4.84. The first-order chi connectivity index (χ1) is 10.2. The number of benzene rings is 2. The monoisotopic (exact) mass is 278 g/mol. The number of carbonyl (C=O) groups excluding carboxylic acids is 1. The number of carbonyl (C=O) groups is 1. The second-order valence-corrected chi connectivity index (χ2v) is 4.26. The summed E-state index contributed by atoms with van der Waals surface area (Å²) in [6, 6.07) is 16.1. The highest BCUT2D eigenvalue weighted by molar-refractivity contribution is 5.90. The smallest absolute Gasteiger partial charge is 0.338 e. The number of hydrogen-bond donors (Lipinski definition) is 0. The summed E-state index contributed by atoms with van der Waals surface area (Å²) in [5.41, 5.74) is 2.77. The zero-order chi connectivity index (χ0) is 15.1. The molecule has 0 atom stereocenters. The molecule has 21 heavy (non-hydrogen) atoms. The Labute approximate surface area is 123 Å². The standard InChI is InChI=1S/C17H14N2O2/c1-2-21-17(20)15-7-9-16(10-8-15)19-12-14-5-3-13(11-18)4-6-14/h3-10,12H,2H2,1H3. The van der Waals surface area contributed by atoms with Crippen LogP contribution < -0.4 is 0 Å². The molecule has 0 N–H and O–H groups in total. The van der Waals surface area contributed by atoms with Gasteiger partial charge in [-0.05, 0) is 48.9 Å². The van der Waals surface area contributed by atoms with E-state index in [0.29, 0.717) is 17.7 Å². The number of hydrogen-bond acceptors (Lipinski definition) is 4. The highest BCUT2D eigenvalue weighted by atomic mass is 16.5. The Morgan fingerprint density at radius 2 is 1.86 bits per heavy atom. The lowest BCUT2D eigenvalue weighted by Gasteiger charge is -2.01. The van der Waals surface area contributed by atoms with Crippen molar-refractivity contribution in [3.63, 3.8) is 0 Å². The molecule has 2 aromatic carbocycles. The third kappa shape index (κ3) is 4.02. The molecule has 2 rings (SSSR count). The van der Waals surface area contributed by atoms with E-state index >= 15 is 0 Å². The van der Waals surface area contributed by atoms with E-state index in [1.807, 2.05) is 12.1 Å². The minimum absolute atomic E-state index is 0.333. The molecule has 0 saturated carbocycles. The average Bonchev–Trinajstić information content (AvgIpc) is 2.54. The normalized spacial score (nSPS) is 10.3. The van der Waals surface area contributed by atoms with E-state index in [9.17, 15) is 4.79 Å². The van der Waals surface area contributed by atoms with Crippen LogP contribution in [0, 0.1) is 11.3 Å². The molecule has 2 aromatic rings. The predicted octanol–water partition coefficient (Wildman–Crippen LogP) is 3.49. The largest absolute Gasteiger partial charge is 0.462 e. The van der Waals surface area contributed by atoms with Crippen LogP contribution in [-0.2, 0) is 4.74 Å². The molecule has 0 bridgehead atoms. The van der Waals surface area contributed by atoms with Crippen LogP contribution in [0.1, 0.15) is 28.4 Å². The van der Waals surface area contributed by atoms with Gasteiger partial charge in [0.2, 0.25) is 0 Å². The van der Waals surface area contributed by atoms with Gasteiger partial charge in [0.05, 0.1) is 29.5 Å². The summed E-state index contributed by atoms with van der Waals surface area (Å²) in [6.45, 7) is 2.13. The number of aliphatic imine (C=N–C) groups is 1. The van der Waals surface area contributed by atoms with Gasteiger partial charge in [-0.1, -0.05) is 12.1 Å². The van der Waals surface area contributed by atoms with Gasteiger partial charge in [-0.15, -0.1) is 0 Å². The quantitative estimate of drug-likeness (QED) is 0.635. The fourth-order valence-electron chi connectivity index (χ4n) is 1.69. The van der Waals surface area contributed by atoms with Crippen LogP contribution >= 0.6 is 0 Å². The molecule has 0 aliphatic carbocycles. The topological polar surface area (TPSA) is 62.4 Å². The Bertz CT molecular complexity index is 680. The minimum atomic E-state index is -0.333. The summed E-state index contributed by atoms with van der Waals surface area (Å²) in [4.78, 5) is 15.8. The second kappa shape index (κ2) is 7.01. The summed E-state index contributed by atoms with van der Waals surface area (Å²) >= 11 is 0. The molecule has 0 aromatic heterocycles. The third-order valence-electron chi connectivity index (χ3n) is 2.78. The maximum Gasteiger partial charge on any atom is 0.338 e. The molecule has 0 aliphatic heterocycles. The van der Waals surface area contributed by atoms with Gasteiger partial charge >= 0.3 is 5.97 Å². The zero-order valence-corrected chi connectivity index (χ0v) is 11.6. The van der Waals surface area contributed by atoms with Crippen molar-refractivity contribution in [2.45, 2.75) is 6.92 Å². The maximum atomic E-state index is 11.5. The van der Waals surface area contributed by atoms with Gasteiger partial charge in [0, 0.05) is 6.21 Å². The minimum Gasteiger partial charge on any atom is -0.462 e. The van der Waals surface area contributed by atoms with E-state index in [1.165, 1.54) is 0 Å². The van der Waals surface area contributed by atoms with E-state index in [4.69, 9.17) is 10.00 Å². The number of nitriles is 1. The van der Waals surface area contributed by atoms with E-state index < -0.39 is 0 Å². The highest BCUT2D eigenvalue weighted by Gasteiger charge is 2.04. The lowest BCUT2D eigenvalue weighted by molar-refractivity contribution is 0.0526. The van der Waals surface area contributed by atoms with Crippen LogP contribution in [-0.4, -0.2) is 18.8 Å². The van der Waals surface area contributed by atoms with Crippen LogP contribution in [0.2, 0.25) is 0 Å². The Morgan fingerprint density at radius 1 is 1.19 bits per heavy atom. The molecule has 0 aliphatic rings. The van der Waals surface area contributed by atoms with Crippen molar-refractivity contribution in [2.24, 2.45) is 4.99 Å². The number of ether oxygens (including phenoxy) is 1. The number of esters is 1. The lowest BCUT2D eigenvalue weighted by atomic mass is 10.1. The number of nitrogens with zero attached hydrogens (tertiary/aromatic N) is 2. The van der Waals surface area contributed by atoms with Crippen molar-refractivity contribution < 1.29 is 9.53 Å².